The van der Waals surface area contributed by atoms with Crippen molar-refractivity contribution in [2.45, 2.75) is 29.3 Å². The van der Waals surface area contributed by atoms with Crippen LogP contribution < -0.4 is 10.6 Å². The van der Waals surface area contributed by atoms with Gasteiger partial charge in [-0.25, -0.2) is 0 Å². The van der Waals surface area contributed by atoms with Crippen LogP contribution in [0, 0.1) is 0 Å². The van der Waals surface area contributed by atoms with Gasteiger partial charge < -0.3 is 10.6 Å². The molecule has 0 aliphatic heterocycles. The Morgan fingerprint density at radius 2 is 1.67 bits per heavy atom. The number of aromatic nitrogens is 2. The number of nitrogens with zero attached hydrogens (tertiary/aromatic N) is 2. The molecule has 0 atom stereocenters. The molecule has 1 heterocycles. The summed E-state index contributed by atoms with van der Waals surface area (Å²) >= 11 is 2.93. The number of nitrogens with one attached hydrogen (secondary N) is 2. The molecule has 1 saturated carbocycles. The van der Waals surface area contributed by atoms with Crippen LogP contribution in [0.4, 0.5) is 5.13 Å². The Bertz CT molecular complexity index is 842. The van der Waals surface area contributed by atoms with Crippen molar-refractivity contribution < 1.29 is 4.79 Å². The molecule has 1 fully saturated rings. The zero-order valence-corrected chi connectivity index (χ0v) is 16.3. The van der Waals surface area contributed by atoms with Crippen molar-refractivity contribution in [3.8, 4) is 0 Å². The van der Waals surface area contributed by atoms with Gasteiger partial charge in [0, 0.05) is 6.04 Å². The Morgan fingerprint density at radius 1 is 1.04 bits per heavy atom. The molecule has 0 unspecified atom stereocenters. The molecule has 1 amide bonds. The number of thioether (sulfide) groups is 1. The van der Waals surface area contributed by atoms with E-state index in [9.17, 15) is 4.79 Å². The van der Waals surface area contributed by atoms with E-state index in [1.807, 2.05) is 60.7 Å². The summed E-state index contributed by atoms with van der Waals surface area (Å²) in [6.45, 7) is 0. The van der Waals surface area contributed by atoms with Crippen molar-refractivity contribution in [2.24, 2.45) is 0 Å². The zero-order chi connectivity index (χ0) is 18.5. The highest BCUT2D eigenvalue weighted by Gasteiger charge is 2.22. The zero-order valence-electron chi connectivity index (χ0n) is 14.7. The summed E-state index contributed by atoms with van der Waals surface area (Å²) in [5.74, 6) is 0.290. The van der Waals surface area contributed by atoms with Gasteiger partial charge in [0.25, 0.3) is 0 Å². The maximum absolute atomic E-state index is 12.6. The van der Waals surface area contributed by atoms with E-state index in [1.54, 1.807) is 0 Å². The monoisotopic (exact) mass is 396 g/mol. The minimum Gasteiger partial charge on any atom is -0.357 e. The first-order valence-corrected chi connectivity index (χ1v) is 10.7. The van der Waals surface area contributed by atoms with Gasteiger partial charge in [-0.2, -0.15) is 0 Å². The van der Waals surface area contributed by atoms with Crippen LogP contribution in [0.2, 0.25) is 0 Å². The number of rotatable bonds is 8. The fourth-order valence-electron chi connectivity index (χ4n) is 2.71. The van der Waals surface area contributed by atoms with Crippen LogP contribution in [0.3, 0.4) is 0 Å². The van der Waals surface area contributed by atoms with Crippen LogP contribution in [0.25, 0.3) is 0 Å². The third-order valence-corrected chi connectivity index (χ3v) is 6.20. The highest BCUT2D eigenvalue weighted by molar-refractivity contribution is 8.01. The molecule has 138 valence electrons. The molecule has 1 aromatic heterocycles. The van der Waals surface area contributed by atoms with Gasteiger partial charge in [0.2, 0.25) is 11.0 Å². The molecular formula is C20H20N4OS2. The molecule has 0 radical (unpaired) electrons. The molecule has 7 heteroatoms. The second-order valence-corrected chi connectivity index (χ2v) is 8.60. The number of hydrogen-bond acceptors (Lipinski definition) is 6. The summed E-state index contributed by atoms with van der Waals surface area (Å²) in [4.78, 5) is 12.6. The molecular weight excluding hydrogens is 376 g/mol. The van der Waals surface area contributed by atoms with Crippen molar-refractivity contribution in [2.75, 3.05) is 11.1 Å². The predicted molar refractivity (Wildman–Crippen MR) is 110 cm³/mol. The SMILES string of the molecule is O=C(CSc1nnc(NC2CC2)s1)NC(c1ccccc1)c1ccccc1. The summed E-state index contributed by atoms with van der Waals surface area (Å²) in [5.41, 5.74) is 2.13. The summed E-state index contributed by atoms with van der Waals surface area (Å²) in [6, 6.07) is 20.4. The smallest absolute Gasteiger partial charge is 0.231 e. The quantitative estimate of drug-likeness (QED) is 0.561. The average Bonchev–Trinajstić information content (AvgIpc) is 3.42. The molecule has 5 nitrogen and oxygen atoms in total. The highest BCUT2D eigenvalue weighted by Crippen LogP contribution is 2.30. The first-order valence-electron chi connectivity index (χ1n) is 8.90. The van der Waals surface area contributed by atoms with Gasteiger partial charge in [0.1, 0.15) is 0 Å². The van der Waals surface area contributed by atoms with Gasteiger partial charge in [-0.1, -0.05) is 83.8 Å². The first kappa shape index (κ1) is 18.0. The van der Waals surface area contributed by atoms with Gasteiger partial charge >= 0.3 is 0 Å². The van der Waals surface area contributed by atoms with Gasteiger partial charge in [-0.05, 0) is 24.0 Å². The van der Waals surface area contributed by atoms with Gasteiger partial charge in [0.15, 0.2) is 4.34 Å². The Balaban J connectivity index is 1.38. The van der Waals surface area contributed by atoms with Crippen LogP contribution in [0.5, 0.6) is 0 Å². The van der Waals surface area contributed by atoms with Crippen LogP contribution in [0.15, 0.2) is 65.0 Å². The maximum Gasteiger partial charge on any atom is 0.231 e. The topological polar surface area (TPSA) is 66.9 Å². The summed E-state index contributed by atoms with van der Waals surface area (Å²) in [6.07, 6.45) is 2.40. The lowest BCUT2D eigenvalue weighted by Gasteiger charge is -2.19. The normalized spacial score (nSPS) is 13.5. The lowest BCUT2D eigenvalue weighted by molar-refractivity contribution is -0.119. The predicted octanol–water partition coefficient (Wildman–Crippen LogP) is 4.11. The minimum atomic E-state index is -0.165. The Morgan fingerprint density at radius 3 is 2.26 bits per heavy atom. The summed E-state index contributed by atoms with van der Waals surface area (Å²) < 4.78 is 0.810. The lowest BCUT2D eigenvalue weighted by atomic mass is 9.99. The fraction of sp³-hybridized carbons (Fsp3) is 0.250. The van der Waals surface area contributed by atoms with Crippen molar-refractivity contribution in [3.63, 3.8) is 0 Å². The fourth-order valence-corrected chi connectivity index (χ4v) is 4.35. The molecule has 2 aromatic carbocycles. The van der Waals surface area contributed by atoms with Crippen molar-refractivity contribution in [1.29, 1.82) is 0 Å². The van der Waals surface area contributed by atoms with E-state index < -0.39 is 0 Å². The van der Waals surface area contributed by atoms with Gasteiger partial charge in [0.05, 0.1) is 11.8 Å². The number of carbonyl (C=O) groups excluding carboxylic acids is 1. The summed E-state index contributed by atoms with van der Waals surface area (Å²) in [5, 5.41) is 15.6. The van der Waals surface area contributed by atoms with Crippen LogP contribution in [-0.4, -0.2) is 27.9 Å². The molecule has 0 bridgehead atoms. The van der Waals surface area contributed by atoms with E-state index >= 15 is 0 Å². The van der Waals surface area contributed by atoms with E-state index in [-0.39, 0.29) is 11.9 Å². The van der Waals surface area contributed by atoms with Crippen LogP contribution in [-0.2, 0) is 4.79 Å². The molecule has 0 spiro atoms. The molecule has 0 saturated heterocycles. The van der Waals surface area contributed by atoms with E-state index in [2.05, 4.69) is 20.8 Å². The second-order valence-electron chi connectivity index (χ2n) is 6.40. The average molecular weight is 397 g/mol. The maximum atomic E-state index is 12.6. The van der Waals surface area contributed by atoms with Crippen LogP contribution in [0.1, 0.15) is 30.0 Å². The number of carbonyl (C=O) groups is 1. The number of amides is 1. The van der Waals surface area contributed by atoms with E-state index in [4.69, 9.17) is 0 Å². The first-order chi connectivity index (χ1) is 13.3. The third-order valence-electron chi connectivity index (χ3n) is 4.21. The largest absolute Gasteiger partial charge is 0.357 e. The number of hydrogen-bond donors (Lipinski definition) is 2. The molecule has 4 rings (SSSR count). The van der Waals surface area contributed by atoms with E-state index in [0.717, 1.165) is 20.6 Å². The Hall–Kier alpha value is -2.38. The summed E-state index contributed by atoms with van der Waals surface area (Å²) in [7, 11) is 0. The van der Waals surface area contributed by atoms with Gasteiger partial charge in [-0.15, -0.1) is 10.2 Å². The second kappa shape index (κ2) is 8.54. The molecule has 1 aliphatic carbocycles. The molecule has 27 heavy (non-hydrogen) atoms. The Kier molecular flexibility index (Phi) is 5.69. The van der Waals surface area contributed by atoms with E-state index in [1.165, 1.54) is 35.9 Å². The minimum absolute atomic E-state index is 0.0235. The molecule has 2 N–H and O–H groups in total. The standard InChI is InChI=1S/C20H20N4OS2/c25-17(13-26-20-24-23-19(27-20)21-16-11-12-16)22-18(14-7-3-1-4-8-14)15-9-5-2-6-10-15/h1-10,16,18H,11-13H2,(H,21,23)(H,22,25). The van der Waals surface area contributed by atoms with Crippen molar-refractivity contribution >= 4 is 34.1 Å². The number of anilines is 1. The lowest BCUT2D eigenvalue weighted by Crippen LogP contribution is -2.30. The van der Waals surface area contributed by atoms with Crippen LogP contribution >= 0.6 is 23.1 Å². The Labute approximate surface area is 166 Å². The number of benzene rings is 2. The van der Waals surface area contributed by atoms with E-state index in [0.29, 0.717) is 11.8 Å². The van der Waals surface area contributed by atoms with Crippen molar-refractivity contribution in [3.05, 3.63) is 71.8 Å². The third kappa shape index (κ3) is 5.08. The van der Waals surface area contributed by atoms with Gasteiger partial charge in [-0.3, -0.25) is 4.79 Å². The highest BCUT2D eigenvalue weighted by atomic mass is 32.2. The molecule has 3 aromatic rings. The molecule has 1 aliphatic rings. The van der Waals surface area contributed by atoms with Crippen molar-refractivity contribution in [1.82, 2.24) is 15.5 Å².